The number of nitro groups is 1. The molecule has 2 aliphatic heterocycles. The van der Waals surface area contributed by atoms with Crippen LogP contribution in [0.4, 0.5) is 15.3 Å². The number of hydrogen-bond acceptors (Lipinski definition) is 13. The third-order valence-electron chi connectivity index (χ3n) is 15.6. The number of nitro benzene ring substituents is 1. The molecular weight excluding hydrogens is 1120 g/mol. The Bertz CT molecular complexity index is 1880. The van der Waals surface area contributed by atoms with E-state index in [0.29, 0.717) is 68.8 Å². The minimum Gasteiger partial charge on any atom is -0.450 e. The van der Waals surface area contributed by atoms with E-state index in [2.05, 4.69) is 40.4 Å². The van der Waals surface area contributed by atoms with Crippen LogP contribution in [0.3, 0.4) is 0 Å². The van der Waals surface area contributed by atoms with Crippen molar-refractivity contribution in [2.24, 2.45) is 5.92 Å². The fourth-order valence-electron chi connectivity index (χ4n) is 10.6. The molecule has 0 bridgehead atoms. The maximum absolute atomic E-state index is 14.4. The van der Waals surface area contributed by atoms with Gasteiger partial charge in [0.05, 0.1) is 36.4 Å². The number of rotatable bonds is 56. The number of carbonyl (C=O) groups is 4. The summed E-state index contributed by atoms with van der Waals surface area (Å²) in [5.74, 6) is 3.27. The topological polar surface area (TPSA) is 216 Å². The molecular formula is C62H111N6O10PS3. The third-order valence-corrected chi connectivity index (χ3v) is 21.4. The van der Waals surface area contributed by atoms with Gasteiger partial charge in [0.25, 0.3) is 5.69 Å². The van der Waals surface area contributed by atoms with Gasteiger partial charge in [-0.15, -0.1) is 0 Å². The molecule has 0 aliphatic carbocycles. The average Bonchev–Trinajstić information content (AvgIpc) is 4.15. The van der Waals surface area contributed by atoms with E-state index in [9.17, 15) is 33.9 Å². The number of non-ortho nitro benzene ring substituents is 1. The lowest BCUT2D eigenvalue weighted by Gasteiger charge is -2.23. The van der Waals surface area contributed by atoms with Gasteiger partial charge in [-0.25, -0.2) is 14.2 Å². The van der Waals surface area contributed by atoms with Crippen LogP contribution in [0.25, 0.3) is 0 Å². The number of unbranched alkanes of at least 4 members (excludes halogenated alkanes) is 27. The van der Waals surface area contributed by atoms with Crippen molar-refractivity contribution in [2.75, 3.05) is 56.3 Å². The second-order valence-corrected chi connectivity index (χ2v) is 28.9. The van der Waals surface area contributed by atoms with Crippen LogP contribution in [-0.2, 0) is 23.4 Å². The summed E-state index contributed by atoms with van der Waals surface area (Å²) < 4.78 is 32.3. The average molecular weight is 1230 g/mol. The summed E-state index contributed by atoms with van der Waals surface area (Å²) in [7, 11) is -0.190. The molecule has 2 saturated heterocycles. The summed E-state index contributed by atoms with van der Waals surface area (Å²) in [6.07, 6.45) is 40.5. The molecule has 1 aromatic rings. The first-order chi connectivity index (χ1) is 40.0. The molecule has 2 aliphatic rings. The second-order valence-electron chi connectivity index (χ2n) is 22.8. The van der Waals surface area contributed by atoms with Crippen LogP contribution in [0.1, 0.15) is 251 Å². The number of ether oxygens (including phenoxy) is 1. The van der Waals surface area contributed by atoms with Crippen molar-refractivity contribution < 1.29 is 42.5 Å². The molecule has 5 atom stereocenters. The van der Waals surface area contributed by atoms with Crippen LogP contribution in [0.2, 0.25) is 0 Å². The van der Waals surface area contributed by atoms with Crippen LogP contribution >= 0.6 is 40.9 Å². The van der Waals surface area contributed by atoms with Crippen LogP contribution < -0.4 is 31.1 Å². The maximum atomic E-state index is 14.4. The Morgan fingerprint density at radius 2 is 1.15 bits per heavy atom. The summed E-state index contributed by atoms with van der Waals surface area (Å²) >= 11 is 1.90. The van der Waals surface area contributed by atoms with Crippen molar-refractivity contribution in [1.82, 2.24) is 26.6 Å². The van der Waals surface area contributed by atoms with E-state index in [1.807, 2.05) is 11.8 Å². The van der Waals surface area contributed by atoms with Gasteiger partial charge in [-0.05, 0) is 69.4 Å². The van der Waals surface area contributed by atoms with Gasteiger partial charge >= 0.3 is 19.7 Å². The molecule has 472 valence electrons. The Morgan fingerprint density at radius 3 is 1.72 bits per heavy atom. The molecule has 0 spiro atoms. The minimum absolute atomic E-state index is 0.0337. The standard InChI is InChI=1S/C62H111N6O10PS3/c1-3-5-7-9-11-13-15-19-23-28-36-53(35-27-22-18-12-10-8-6-4-2)51-77-79(75,78-55-42-40-54(41-43-55)68(73)74)48-34-25-21-17-14-16-20-24-33-47-76-62(72)65-46-50-82-81-49-45-64-59(70)38-29-26-32-44-63-58(69)39-31-30-37-57-60-56(52-80-57)66-61(71)67-60/h40-43,53,56-57,60H,3-39,44-52H2,1-2H3,(H,63,69)(H,64,70)(H,65,72)(H2,66,67,71)/t53?,56-,57-,60-,79?/m0/s1. The van der Waals surface area contributed by atoms with E-state index >= 15 is 0 Å². The van der Waals surface area contributed by atoms with Gasteiger partial charge in [0.1, 0.15) is 5.75 Å². The van der Waals surface area contributed by atoms with Gasteiger partial charge in [0.15, 0.2) is 0 Å². The highest BCUT2D eigenvalue weighted by molar-refractivity contribution is 8.76. The Labute approximate surface area is 507 Å². The molecule has 2 fully saturated rings. The van der Waals surface area contributed by atoms with Gasteiger partial charge in [0, 0.05) is 67.1 Å². The zero-order valence-corrected chi connectivity index (χ0v) is 54.2. The number of carbonyl (C=O) groups excluding carboxylic acids is 4. The van der Waals surface area contributed by atoms with E-state index in [4.69, 9.17) is 13.8 Å². The van der Waals surface area contributed by atoms with E-state index in [-0.39, 0.29) is 41.7 Å². The summed E-state index contributed by atoms with van der Waals surface area (Å²) in [4.78, 5) is 59.1. The normalized spacial score (nSPS) is 16.7. The quantitative estimate of drug-likeness (QED) is 0.0103. The predicted octanol–water partition coefficient (Wildman–Crippen LogP) is 16.8. The molecule has 20 heteroatoms. The number of fused-ring (bicyclic) bond motifs is 1. The SMILES string of the molecule is CCCCCCCCCCCCC(CCCCCCCCCC)COP(=O)(CCCCCCCCCCCOC(=O)NCCSSCCNC(=O)CCCCCNC(=O)CCCC[C@@H]1SC[C@@H]2NC(=O)N[C@@H]21)Oc1ccc([N+](=O)[O-])cc1. The molecule has 82 heavy (non-hydrogen) atoms. The molecule has 0 saturated carbocycles. The van der Waals surface area contributed by atoms with Crippen LogP contribution in [0.15, 0.2) is 24.3 Å². The summed E-state index contributed by atoms with van der Waals surface area (Å²) in [6.45, 7) is 7.08. The largest absolute Gasteiger partial charge is 0.450 e. The Morgan fingerprint density at radius 1 is 0.646 bits per heavy atom. The highest BCUT2D eigenvalue weighted by Crippen LogP contribution is 2.50. The highest BCUT2D eigenvalue weighted by atomic mass is 33.1. The first-order valence-corrected chi connectivity index (χ1v) is 37.8. The minimum atomic E-state index is -3.51. The van der Waals surface area contributed by atoms with Gasteiger partial charge in [-0.3, -0.25) is 24.2 Å². The Hall–Kier alpha value is -2.86. The van der Waals surface area contributed by atoms with Gasteiger partial charge in [-0.2, -0.15) is 11.8 Å². The van der Waals surface area contributed by atoms with Crippen molar-refractivity contribution in [3.8, 4) is 5.75 Å². The number of nitrogens with one attached hydrogen (secondary N) is 5. The molecule has 0 aromatic heterocycles. The van der Waals surface area contributed by atoms with Crippen LogP contribution in [0, 0.1) is 16.0 Å². The lowest BCUT2D eigenvalue weighted by molar-refractivity contribution is -0.384. The zero-order valence-electron chi connectivity index (χ0n) is 50.8. The van der Waals surface area contributed by atoms with E-state index in [1.165, 1.54) is 127 Å². The fraction of sp³-hybridized carbons (Fsp3) is 0.839. The lowest BCUT2D eigenvalue weighted by Crippen LogP contribution is -2.36. The highest BCUT2D eigenvalue weighted by Gasteiger charge is 2.42. The summed E-state index contributed by atoms with van der Waals surface area (Å²) in [5.41, 5.74) is -0.0337. The maximum Gasteiger partial charge on any atom is 0.407 e. The van der Waals surface area contributed by atoms with Gasteiger partial charge in [0.2, 0.25) is 11.8 Å². The number of thioether (sulfide) groups is 1. The Kier molecular flexibility index (Phi) is 44.1. The summed E-state index contributed by atoms with van der Waals surface area (Å²) in [5, 5.41) is 26.5. The van der Waals surface area contributed by atoms with Gasteiger partial charge in [-0.1, -0.05) is 209 Å². The molecule has 5 amide bonds. The third kappa shape index (κ3) is 38.2. The molecule has 2 heterocycles. The van der Waals surface area contributed by atoms with Crippen molar-refractivity contribution in [1.29, 1.82) is 0 Å². The molecule has 16 nitrogen and oxygen atoms in total. The molecule has 5 N–H and O–H groups in total. The van der Waals surface area contributed by atoms with Gasteiger partial charge < -0.3 is 35.8 Å². The van der Waals surface area contributed by atoms with Crippen molar-refractivity contribution in [3.05, 3.63) is 34.4 Å². The summed E-state index contributed by atoms with van der Waals surface area (Å²) in [6, 6.07) is 6.21. The number of hydrogen-bond donors (Lipinski definition) is 5. The number of nitrogens with zero attached hydrogens (tertiary/aromatic N) is 1. The first kappa shape index (κ1) is 73.4. The van der Waals surface area contributed by atoms with Crippen LogP contribution in [0.5, 0.6) is 5.75 Å². The molecule has 2 unspecified atom stereocenters. The van der Waals surface area contributed by atoms with E-state index in [0.717, 1.165) is 139 Å². The molecule has 3 rings (SSSR count). The van der Waals surface area contributed by atoms with Crippen LogP contribution in [-0.4, -0.2) is 102 Å². The zero-order chi connectivity index (χ0) is 59.0. The van der Waals surface area contributed by atoms with Crippen molar-refractivity contribution in [2.45, 2.75) is 269 Å². The Balaban J connectivity index is 1.16. The van der Waals surface area contributed by atoms with Crippen molar-refractivity contribution in [3.63, 3.8) is 0 Å². The molecule has 0 radical (unpaired) electrons. The van der Waals surface area contributed by atoms with Crippen molar-refractivity contribution >= 4 is 70.6 Å². The first-order valence-electron chi connectivity index (χ1n) is 32.6. The molecule has 1 aromatic carbocycles. The number of alkyl carbamates (subject to hydrolysis) is 1. The fourth-order valence-corrected chi connectivity index (χ4v) is 15.7. The smallest absolute Gasteiger partial charge is 0.407 e. The lowest BCUT2D eigenvalue weighted by atomic mass is 9.94. The predicted molar refractivity (Wildman–Crippen MR) is 344 cm³/mol. The monoisotopic (exact) mass is 1230 g/mol. The number of benzene rings is 1. The second kappa shape index (κ2) is 49.3. The van der Waals surface area contributed by atoms with E-state index in [1.54, 1.807) is 21.6 Å². The number of amides is 5. The van der Waals surface area contributed by atoms with E-state index < -0.39 is 12.5 Å². The number of urea groups is 1.